The fraction of sp³-hybridized carbons (Fsp3) is 0.667. The van der Waals surface area contributed by atoms with Crippen LogP contribution in [0, 0.1) is 0 Å². The average molecular weight is 289 g/mol. The number of aromatic amines is 1. The number of ether oxygens (including phenoxy) is 1. The van der Waals surface area contributed by atoms with Crippen LogP contribution in [0.2, 0.25) is 0 Å². The highest BCUT2D eigenvalue weighted by Crippen LogP contribution is 2.27. The fourth-order valence-corrected chi connectivity index (χ4v) is 2.73. The first-order valence-electron chi connectivity index (χ1n) is 7.98. The highest BCUT2D eigenvalue weighted by atomic mass is 16.5. The van der Waals surface area contributed by atoms with Crippen molar-refractivity contribution < 1.29 is 4.74 Å². The van der Waals surface area contributed by atoms with Gasteiger partial charge in [-0.15, -0.1) is 0 Å². The van der Waals surface area contributed by atoms with E-state index in [4.69, 9.17) is 4.74 Å². The second kappa shape index (κ2) is 6.74. The molecule has 0 saturated heterocycles. The summed E-state index contributed by atoms with van der Waals surface area (Å²) >= 11 is 0. The van der Waals surface area contributed by atoms with E-state index >= 15 is 0 Å². The summed E-state index contributed by atoms with van der Waals surface area (Å²) in [6, 6.07) is 0. The molecular formula is C15H23N5O. The number of hydrogen-bond acceptors (Lipinski definition) is 5. The van der Waals surface area contributed by atoms with E-state index in [-0.39, 0.29) is 6.10 Å². The van der Waals surface area contributed by atoms with Crippen molar-refractivity contribution in [1.29, 1.82) is 0 Å². The van der Waals surface area contributed by atoms with Crippen LogP contribution >= 0.6 is 0 Å². The van der Waals surface area contributed by atoms with Crippen molar-refractivity contribution in [3.8, 4) is 5.88 Å². The topological polar surface area (TPSA) is 75.7 Å². The van der Waals surface area contributed by atoms with Crippen molar-refractivity contribution >= 4 is 17.0 Å². The third-order valence-corrected chi connectivity index (χ3v) is 3.89. The summed E-state index contributed by atoms with van der Waals surface area (Å²) < 4.78 is 6.18. The Morgan fingerprint density at radius 2 is 2.05 bits per heavy atom. The number of hydrogen-bond donors (Lipinski definition) is 2. The van der Waals surface area contributed by atoms with E-state index in [1.165, 1.54) is 25.7 Å². The Morgan fingerprint density at radius 1 is 1.24 bits per heavy atom. The van der Waals surface area contributed by atoms with Crippen LogP contribution in [0.25, 0.3) is 11.0 Å². The number of rotatable bonds is 5. The van der Waals surface area contributed by atoms with Crippen LogP contribution in [0.1, 0.15) is 51.9 Å². The molecule has 2 aromatic heterocycles. The van der Waals surface area contributed by atoms with E-state index in [0.717, 1.165) is 36.8 Å². The monoisotopic (exact) mass is 289 g/mol. The summed E-state index contributed by atoms with van der Waals surface area (Å²) in [6.07, 6.45) is 10.4. The SMILES string of the molecule is CCCNc1nc(OC2CCCCCC2)c2cn[nH]c2n1. The summed E-state index contributed by atoms with van der Waals surface area (Å²) in [4.78, 5) is 8.96. The predicted molar refractivity (Wildman–Crippen MR) is 82.6 cm³/mol. The van der Waals surface area contributed by atoms with Gasteiger partial charge >= 0.3 is 0 Å². The molecule has 3 rings (SSSR count). The Hall–Kier alpha value is -1.85. The lowest BCUT2D eigenvalue weighted by atomic mass is 10.1. The number of fused-ring (bicyclic) bond motifs is 1. The molecule has 2 aromatic rings. The lowest BCUT2D eigenvalue weighted by Crippen LogP contribution is -2.17. The van der Waals surface area contributed by atoms with Gasteiger partial charge in [0, 0.05) is 6.54 Å². The van der Waals surface area contributed by atoms with Crippen molar-refractivity contribution in [3.63, 3.8) is 0 Å². The number of nitrogens with zero attached hydrogens (tertiary/aromatic N) is 3. The van der Waals surface area contributed by atoms with Gasteiger partial charge in [0.05, 0.1) is 6.20 Å². The summed E-state index contributed by atoms with van der Waals surface area (Å²) in [5, 5.41) is 11.0. The van der Waals surface area contributed by atoms with Gasteiger partial charge in [-0.2, -0.15) is 15.1 Å². The van der Waals surface area contributed by atoms with Crippen LogP contribution in [0.3, 0.4) is 0 Å². The Labute approximate surface area is 124 Å². The van der Waals surface area contributed by atoms with Crippen molar-refractivity contribution in [1.82, 2.24) is 20.2 Å². The standard InChI is InChI=1S/C15H23N5O/c1-2-9-16-15-18-13-12(10-17-20-13)14(19-15)21-11-7-5-3-4-6-8-11/h10-11H,2-9H2,1H3,(H2,16,17,18,19,20). The van der Waals surface area contributed by atoms with Crippen molar-refractivity contribution in [2.75, 3.05) is 11.9 Å². The largest absolute Gasteiger partial charge is 0.474 e. The van der Waals surface area contributed by atoms with Crippen LogP contribution in [0.15, 0.2) is 6.20 Å². The van der Waals surface area contributed by atoms with Crippen LogP contribution in [0.4, 0.5) is 5.95 Å². The van der Waals surface area contributed by atoms with Gasteiger partial charge in [-0.05, 0) is 32.1 Å². The summed E-state index contributed by atoms with van der Waals surface area (Å²) in [7, 11) is 0. The van der Waals surface area contributed by atoms with E-state index in [1.807, 2.05) is 0 Å². The van der Waals surface area contributed by atoms with Gasteiger partial charge in [-0.3, -0.25) is 5.10 Å². The minimum absolute atomic E-state index is 0.263. The van der Waals surface area contributed by atoms with Gasteiger partial charge in [0.15, 0.2) is 5.65 Å². The molecule has 1 fully saturated rings. The molecule has 0 atom stereocenters. The van der Waals surface area contributed by atoms with Gasteiger partial charge < -0.3 is 10.1 Å². The highest BCUT2D eigenvalue weighted by Gasteiger charge is 2.18. The van der Waals surface area contributed by atoms with Gasteiger partial charge in [0.25, 0.3) is 0 Å². The quantitative estimate of drug-likeness (QED) is 0.826. The van der Waals surface area contributed by atoms with E-state index < -0.39 is 0 Å². The third kappa shape index (κ3) is 3.43. The fourth-order valence-electron chi connectivity index (χ4n) is 2.73. The molecule has 2 heterocycles. The number of anilines is 1. The van der Waals surface area contributed by atoms with E-state index in [0.29, 0.717) is 11.8 Å². The zero-order valence-corrected chi connectivity index (χ0v) is 12.6. The smallest absolute Gasteiger partial charge is 0.229 e. The second-order valence-corrected chi connectivity index (χ2v) is 5.64. The first-order chi connectivity index (χ1) is 10.4. The molecule has 1 saturated carbocycles. The van der Waals surface area contributed by atoms with Crippen molar-refractivity contribution in [3.05, 3.63) is 6.20 Å². The van der Waals surface area contributed by atoms with E-state index in [9.17, 15) is 0 Å². The normalized spacial score (nSPS) is 16.8. The highest BCUT2D eigenvalue weighted by molar-refractivity contribution is 5.80. The molecule has 1 aliphatic rings. The van der Waals surface area contributed by atoms with Gasteiger partial charge in [0.1, 0.15) is 11.5 Å². The molecule has 0 radical (unpaired) electrons. The average Bonchev–Trinajstić information content (AvgIpc) is 2.82. The molecule has 2 N–H and O–H groups in total. The van der Waals surface area contributed by atoms with Gasteiger partial charge in [-0.1, -0.05) is 19.8 Å². The Balaban J connectivity index is 1.82. The number of nitrogens with one attached hydrogen (secondary N) is 2. The minimum atomic E-state index is 0.263. The molecule has 0 spiro atoms. The summed E-state index contributed by atoms with van der Waals surface area (Å²) in [5.74, 6) is 1.26. The van der Waals surface area contributed by atoms with Crippen LogP contribution < -0.4 is 10.1 Å². The second-order valence-electron chi connectivity index (χ2n) is 5.64. The summed E-state index contributed by atoms with van der Waals surface area (Å²) in [6.45, 7) is 2.97. The molecule has 0 aromatic carbocycles. The molecule has 21 heavy (non-hydrogen) atoms. The van der Waals surface area contributed by atoms with Crippen LogP contribution in [-0.2, 0) is 0 Å². The van der Waals surface area contributed by atoms with Crippen LogP contribution in [0.5, 0.6) is 5.88 Å². The predicted octanol–water partition coefficient (Wildman–Crippen LogP) is 3.28. The first kappa shape index (κ1) is 14.1. The molecule has 0 unspecified atom stereocenters. The molecule has 6 heteroatoms. The zero-order valence-electron chi connectivity index (χ0n) is 12.6. The van der Waals surface area contributed by atoms with Crippen molar-refractivity contribution in [2.45, 2.75) is 58.0 Å². The van der Waals surface area contributed by atoms with Gasteiger partial charge in [0.2, 0.25) is 11.8 Å². The molecule has 6 nitrogen and oxygen atoms in total. The maximum absolute atomic E-state index is 6.18. The molecule has 0 bridgehead atoms. The molecular weight excluding hydrogens is 266 g/mol. The molecule has 1 aliphatic carbocycles. The van der Waals surface area contributed by atoms with E-state index in [2.05, 4.69) is 32.4 Å². The number of aromatic nitrogens is 4. The molecule has 114 valence electrons. The van der Waals surface area contributed by atoms with Crippen LogP contribution in [-0.4, -0.2) is 32.8 Å². The minimum Gasteiger partial charge on any atom is -0.474 e. The van der Waals surface area contributed by atoms with Crippen molar-refractivity contribution in [2.24, 2.45) is 0 Å². The lowest BCUT2D eigenvalue weighted by Gasteiger charge is -2.17. The molecule has 0 aliphatic heterocycles. The summed E-state index contributed by atoms with van der Waals surface area (Å²) in [5.41, 5.74) is 0.729. The Morgan fingerprint density at radius 3 is 2.81 bits per heavy atom. The first-order valence-corrected chi connectivity index (χ1v) is 7.98. The number of H-pyrrole nitrogens is 1. The third-order valence-electron chi connectivity index (χ3n) is 3.89. The maximum atomic E-state index is 6.18. The maximum Gasteiger partial charge on any atom is 0.229 e. The van der Waals surface area contributed by atoms with Gasteiger partial charge in [-0.25, -0.2) is 0 Å². The Bertz CT molecular complexity index is 574. The lowest BCUT2D eigenvalue weighted by molar-refractivity contribution is 0.179. The molecule has 0 amide bonds. The van der Waals surface area contributed by atoms with E-state index in [1.54, 1.807) is 6.20 Å². The zero-order chi connectivity index (χ0) is 14.5. The Kier molecular flexibility index (Phi) is 4.52.